The largest absolute Gasteiger partial charge is 0.416 e. The summed E-state index contributed by atoms with van der Waals surface area (Å²) in [5, 5.41) is 2.84. The molecule has 1 aliphatic rings. The molecule has 0 aliphatic carbocycles. The van der Waals surface area contributed by atoms with Gasteiger partial charge in [-0.3, -0.25) is 4.79 Å². The van der Waals surface area contributed by atoms with E-state index in [4.69, 9.17) is 5.73 Å². The maximum atomic E-state index is 12.8. The van der Waals surface area contributed by atoms with Crippen LogP contribution in [0.4, 0.5) is 30.2 Å². The lowest BCUT2D eigenvalue weighted by Crippen LogP contribution is -2.46. The van der Waals surface area contributed by atoms with Crippen molar-refractivity contribution in [2.75, 3.05) is 17.2 Å². The molecule has 3 rings (SSSR count). The summed E-state index contributed by atoms with van der Waals surface area (Å²) in [5.74, 6) is -0.305. The highest BCUT2D eigenvalue weighted by molar-refractivity contribution is 5.87. The van der Waals surface area contributed by atoms with Gasteiger partial charge in [0.15, 0.2) is 0 Å². The zero-order valence-electron chi connectivity index (χ0n) is 13.9. The van der Waals surface area contributed by atoms with E-state index >= 15 is 0 Å². The lowest BCUT2D eigenvalue weighted by Gasteiger charge is -2.37. The van der Waals surface area contributed by atoms with Crippen molar-refractivity contribution in [3.63, 3.8) is 0 Å². The van der Waals surface area contributed by atoms with Crippen LogP contribution in [0.1, 0.15) is 11.1 Å². The molecular weight excluding hydrogens is 343 g/mol. The quantitative estimate of drug-likeness (QED) is 0.648. The van der Waals surface area contributed by atoms with Gasteiger partial charge in [-0.1, -0.05) is 12.6 Å². The fourth-order valence-electron chi connectivity index (χ4n) is 3.13. The molecule has 2 aromatic rings. The highest BCUT2D eigenvalue weighted by Crippen LogP contribution is 2.37. The molecule has 0 bridgehead atoms. The summed E-state index contributed by atoms with van der Waals surface area (Å²) in [6, 6.07) is 10.1. The first kappa shape index (κ1) is 17.8. The second kappa shape index (κ2) is 6.74. The summed E-state index contributed by atoms with van der Waals surface area (Å²) < 4.78 is 38.4. The minimum Gasteiger partial charge on any atom is -0.398 e. The lowest BCUT2D eigenvalue weighted by atomic mass is 9.95. The fraction of sp³-hybridized carbons (Fsp3) is 0.211. The van der Waals surface area contributed by atoms with Gasteiger partial charge in [-0.2, -0.15) is 13.2 Å². The van der Waals surface area contributed by atoms with Gasteiger partial charge in [-0.25, -0.2) is 0 Å². The number of amides is 1. The van der Waals surface area contributed by atoms with Crippen LogP contribution in [0, 0.1) is 0 Å². The molecule has 1 heterocycles. The molecule has 136 valence electrons. The number of nitrogens with two attached hydrogens (primary N) is 1. The van der Waals surface area contributed by atoms with Gasteiger partial charge >= 0.3 is 6.18 Å². The second-order valence-corrected chi connectivity index (χ2v) is 6.11. The zero-order valence-corrected chi connectivity index (χ0v) is 13.9. The van der Waals surface area contributed by atoms with Crippen LogP contribution >= 0.6 is 0 Å². The summed E-state index contributed by atoms with van der Waals surface area (Å²) >= 11 is 0. The topological polar surface area (TPSA) is 58.4 Å². The third-order valence-corrected chi connectivity index (χ3v) is 4.37. The van der Waals surface area contributed by atoms with E-state index < -0.39 is 11.7 Å². The Morgan fingerprint density at radius 3 is 2.54 bits per heavy atom. The summed E-state index contributed by atoms with van der Waals surface area (Å²) in [7, 11) is 0. The predicted octanol–water partition coefficient (Wildman–Crippen LogP) is 3.65. The summed E-state index contributed by atoms with van der Waals surface area (Å²) in [6.45, 7) is 3.86. The highest BCUT2D eigenvalue weighted by Gasteiger charge is 2.31. The van der Waals surface area contributed by atoms with Crippen LogP contribution in [0.2, 0.25) is 0 Å². The Labute approximate surface area is 149 Å². The number of rotatable bonds is 3. The minimum absolute atomic E-state index is 0.236. The number of alkyl halides is 3. The van der Waals surface area contributed by atoms with Crippen molar-refractivity contribution < 1.29 is 18.0 Å². The zero-order chi connectivity index (χ0) is 18.9. The Bertz CT molecular complexity index is 831. The maximum absolute atomic E-state index is 12.8. The van der Waals surface area contributed by atoms with Crippen LogP contribution < -0.4 is 16.0 Å². The molecule has 0 saturated heterocycles. The molecule has 0 spiro atoms. The number of nitrogens with zero attached hydrogens (tertiary/aromatic N) is 1. The van der Waals surface area contributed by atoms with E-state index in [1.54, 1.807) is 12.1 Å². The molecule has 0 fully saturated rings. The van der Waals surface area contributed by atoms with Gasteiger partial charge in [0.1, 0.15) is 0 Å². The molecule has 26 heavy (non-hydrogen) atoms. The van der Waals surface area contributed by atoms with Gasteiger partial charge in [0.05, 0.1) is 11.6 Å². The molecule has 0 saturated carbocycles. The first-order chi connectivity index (χ1) is 12.3. The number of nitrogens with one attached hydrogen (secondary N) is 1. The number of carbonyl (C=O) groups is 1. The van der Waals surface area contributed by atoms with Crippen molar-refractivity contribution in [3.05, 3.63) is 66.2 Å². The van der Waals surface area contributed by atoms with Crippen LogP contribution in [0.3, 0.4) is 0 Å². The lowest BCUT2D eigenvalue weighted by molar-refractivity contribution is -0.137. The molecule has 2 aromatic carbocycles. The molecule has 0 radical (unpaired) electrons. The minimum atomic E-state index is -4.39. The molecule has 1 amide bonds. The Kier molecular flexibility index (Phi) is 4.63. The van der Waals surface area contributed by atoms with E-state index in [9.17, 15) is 18.0 Å². The molecule has 1 aliphatic heterocycles. The second-order valence-electron chi connectivity index (χ2n) is 6.11. The smallest absolute Gasteiger partial charge is 0.398 e. The van der Waals surface area contributed by atoms with Crippen LogP contribution in [0.5, 0.6) is 0 Å². The first-order valence-electron chi connectivity index (χ1n) is 8.04. The molecule has 4 nitrogen and oxygen atoms in total. The Balaban J connectivity index is 1.98. The first-order valence-corrected chi connectivity index (χ1v) is 8.04. The molecule has 7 heteroatoms. The van der Waals surface area contributed by atoms with E-state index in [-0.39, 0.29) is 11.9 Å². The van der Waals surface area contributed by atoms with Crippen LogP contribution in [0.25, 0.3) is 0 Å². The summed E-state index contributed by atoms with van der Waals surface area (Å²) in [4.78, 5) is 13.5. The van der Waals surface area contributed by atoms with E-state index in [2.05, 4.69) is 11.9 Å². The van der Waals surface area contributed by atoms with Crippen molar-refractivity contribution in [3.8, 4) is 0 Å². The van der Waals surface area contributed by atoms with Crippen LogP contribution in [-0.4, -0.2) is 18.5 Å². The van der Waals surface area contributed by atoms with Crippen molar-refractivity contribution in [2.24, 2.45) is 0 Å². The van der Waals surface area contributed by atoms with Crippen molar-refractivity contribution in [1.29, 1.82) is 0 Å². The molecule has 1 atom stereocenters. The third kappa shape index (κ3) is 3.51. The maximum Gasteiger partial charge on any atom is 0.416 e. The standard InChI is InChI=1S/C19H18F3N3O/c1-2-18(26)24-13-10-15-16(23)4-3-5-17(15)25(11-13)14-8-6-12(7-9-14)19(20,21)22/h2-9,13H,1,10-11,23H2,(H,24,26)/t13-/m0/s1. The molecule has 0 unspecified atom stereocenters. The number of hydrogen-bond donors (Lipinski definition) is 2. The molecule has 3 N–H and O–H groups in total. The van der Waals surface area contributed by atoms with Crippen molar-refractivity contribution in [2.45, 2.75) is 18.6 Å². The van der Waals surface area contributed by atoms with Gasteiger partial charge in [-0.05, 0) is 48.9 Å². The van der Waals surface area contributed by atoms with Crippen molar-refractivity contribution >= 4 is 23.0 Å². The third-order valence-electron chi connectivity index (χ3n) is 4.37. The number of anilines is 3. The number of fused-ring (bicyclic) bond motifs is 1. The highest BCUT2D eigenvalue weighted by atomic mass is 19.4. The van der Waals surface area contributed by atoms with Gasteiger partial charge < -0.3 is 16.0 Å². The monoisotopic (exact) mass is 361 g/mol. The van der Waals surface area contributed by atoms with E-state index in [0.717, 1.165) is 23.4 Å². The van der Waals surface area contributed by atoms with E-state index in [0.29, 0.717) is 24.3 Å². The van der Waals surface area contributed by atoms with Gasteiger partial charge in [-0.15, -0.1) is 0 Å². The van der Waals surface area contributed by atoms with E-state index in [1.807, 2.05) is 11.0 Å². The predicted molar refractivity (Wildman–Crippen MR) is 95.1 cm³/mol. The Morgan fingerprint density at radius 1 is 1.23 bits per heavy atom. The van der Waals surface area contributed by atoms with Crippen molar-refractivity contribution in [1.82, 2.24) is 5.32 Å². The number of carbonyl (C=O) groups excluding carboxylic acids is 1. The molecular formula is C19H18F3N3O. The SMILES string of the molecule is C=CC(=O)N[C@H]1Cc2c(N)cccc2N(c2ccc(C(F)(F)F)cc2)C1. The van der Waals surface area contributed by atoms with Crippen LogP contribution in [0.15, 0.2) is 55.1 Å². The van der Waals surface area contributed by atoms with E-state index in [1.165, 1.54) is 18.2 Å². The number of halogens is 3. The Hall–Kier alpha value is -2.96. The number of hydrogen-bond acceptors (Lipinski definition) is 3. The fourth-order valence-corrected chi connectivity index (χ4v) is 3.13. The van der Waals surface area contributed by atoms with Crippen LogP contribution in [-0.2, 0) is 17.4 Å². The average molecular weight is 361 g/mol. The number of benzene rings is 2. The summed E-state index contributed by atoms with van der Waals surface area (Å²) in [6.07, 6.45) is -2.66. The Morgan fingerprint density at radius 2 is 1.92 bits per heavy atom. The van der Waals surface area contributed by atoms with Gasteiger partial charge in [0.2, 0.25) is 5.91 Å². The summed E-state index contributed by atoms with van der Waals surface area (Å²) in [5.41, 5.74) is 8.24. The normalized spacial score (nSPS) is 16.7. The number of nitrogen functional groups attached to an aromatic ring is 1. The van der Waals surface area contributed by atoms with Gasteiger partial charge in [0, 0.05) is 29.2 Å². The molecule has 0 aromatic heterocycles. The average Bonchev–Trinajstić information content (AvgIpc) is 2.61. The van der Waals surface area contributed by atoms with Gasteiger partial charge in [0.25, 0.3) is 0 Å².